The van der Waals surface area contributed by atoms with Gasteiger partial charge < -0.3 is 10.3 Å². The van der Waals surface area contributed by atoms with Crippen molar-refractivity contribution in [3.8, 4) is 11.5 Å². The first-order chi connectivity index (χ1) is 8.78. The molecule has 0 unspecified atom stereocenters. The lowest BCUT2D eigenvalue weighted by Gasteiger charge is -2.23. The Morgan fingerprint density at radius 1 is 1.22 bits per heavy atom. The Morgan fingerprint density at radius 2 is 2.00 bits per heavy atom. The summed E-state index contributed by atoms with van der Waals surface area (Å²) in [7, 11) is 0. The molecular weight excluding hydrogens is 246 g/mol. The SMILES string of the molecule is NC1(c2noc(-c3ccsc3)n2)CCCCCC1. The maximum Gasteiger partial charge on any atom is 0.258 e. The van der Waals surface area contributed by atoms with Crippen LogP contribution in [0.3, 0.4) is 0 Å². The number of nitrogens with zero attached hydrogens (tertiary/aromatic N) is 2. The monoisotopic (exact) mass is 263 g/mol. The molecule has 2 N–H and O–H groups in total. The highest BCUT2D eigenvalue weighted by Crippen LogP contribution is 2.33. The minimum Gasteiger partial charge on any atom is -0.334 e. The summed E-state index contributed by atoms with van der Waals surface area (Å²) in [5, 5.41) is 8.11. The summed E-state index contributed by atoms with van der Waals surface area (Å²) in [6, 6.07) is 1.98. The van der Waals surface area contributed by atoms with Gasteiger partial charge in [-0.3, -0.25) is 0 Å². The number of aromatic nitrogens is 2. The molecule has 1 aliphatic rings. The van der Waals surface area contributed by atoms with Gasteiger partial charge in [-0.05, 0) is 24.3 Å². The van der Waals surface area contributed by atoms with Gasteiger partial charge in [0.2, 0.25) is 0 Å². The van der Waals surface area contributed by atoms with E-state index >= 15 is 0 Å². The highest BCUT2D eigenvalue weighted by molar-refractivity contribution is 7.08. The van der Waals surface area contributed by atoms with Crippen molar-refractivity contribution in [1.29, 1.82) is 0 Å². The third-order valence-corrected chi connectivity index (χ3v) is 4.32. The molecule has 96 valence electrons. The fourth-order valence-corrected chi connectivity index (χ4v) is 3.14. The van der Waals surface area contributed by atoms with E-state index in [1.165, 1.54) is 12.8 Å². The second kappa shape index (κ2) is 4.82. The van der Waals surface area contributed by atoms with Crippen LogP contribution in [0.4, 0.5) is 0 Å². The van der Waals surface area contributed by atoms with E-state index in [1.54, 1.807) is 11.3 Å². The van der Waals surface area contributed by atoms with Crippen LogP contribution in [0.25, 0.3) is 11.5 Å². The minimum absolute atomic E-state index is 0.395. The van der Waals surface area contributed by atoms with Crippen LogP contribution in [-0.4, -0.2) is 10.1 Å². The Labute approximate surface area is 110 Å². The molecule has 0 radical (unpaired) electrons. The summed E-state index contributed by atoms with van der Waals surface area (Å²) >= 11 is 1.62. The first-order valence-corrected chi connectivity index (χ1v) is 7.38. The fourth-order valence-electron chi connectivity index (χ4n) is 2.51. The van der Waals surface area contributed by atoms with Crippen LogP contribution in [0.15, 0.2) is 21.3 Å². The first kappa shape index (κ1) is 11.9. The molecule has 3 rings (SSSR count). The van der Waals surface area contributed by atoms with Gasteiger partial charge in [-0.15, -0.1) is 0 Å². The lowest BCUT2D eigenvalue weighted by atomic mass is 9.91. The maximum absolute atomic E-state index is 6.46. The molecule has 5 heteroatoms. The van der Waals surface area contributed by atoms with Crippen LogP contribution in [0.2, 0.25) is 0 Å². The highest BCUT2D eigenvalue weighted by Gasteiger charge is 2.33. The average molecular weight is 263 g/mol. The summed E-state index contributed by atoms with van der Waals surface area (Å²) in [5.74, 6) is 1.26. The van der Waals surface area contributed by atoms with Crippen molar-refractivity contribution >= 4 is 11.3 Å². The van der Waals surface area contributed by atoms with E-state index in [2.05, 4.69) is 10.1 Å². The molecule has 2 heterocycles. The van der Waals surface area contributed by atoms with E-state index < -0.39 is 5.54 Å². The quantitative estimate of drug-likeness (QED) is 0.844. The number of hydrogen-bond acceptors (Lipinski definition) is 5. The zero-order valence-electron chi connectivity index (χ0n) is 10.3. The summed E-state index contributed by atoms with van der Waals surface area (Å²) in [6.45, 7) is 0. The molecule has 1 saturated carbocycles. The van der Waals surface area contributed by atoms with E-state index in [4.69, 9.17) is 10.3 Å². The molecule has 0 spiro atoms. The lowest BCUT2D eigenvalue weighted by Crippen LogP contribution is -2.37. The molecule has 0 atom stereocenters. The molecule has 0 saturated heterocycles. The molecule has 0 aliphatic heterocycles. The van der Waals surface area contributed by atoms with E-state index in [0.717, 1.165) is 31.2 Å². The molecule has 2 aromatic heterocycles. The van der Waals surface area contributed by atoms with Gasteiger partial charge in [0.05, 0.1) is 11.1 Å². The Morgan fingerprint density at radius 3 is 2.67 bits per heavy atom. The van der Waals surface area contributed by atoms with Gasteiger partial charge in [0.1, 0.15) is 0 Å². The molecular formula is C13H17N3OS. The van der Waals surface area contributed by atoms with E-state index in [9.17, 15) is 0 Å². The van der Waals surface area contributed by atoms with Gasteiger partial charge in [-0.25, -0.2) is 0 Å². The molecule has 0 aromatic carbocycles. The smallest absolute Gasteiger partial charge is 0.258 e. The Kier molecular flexibility index (Phi) is 3.18. The van der Waals surface area contributed by atoms with Gasteiger partial charge in [0, 0.05) is 5.38 Å². The van der Waals surface area contributed by atoms with E-state index in [0.29, 0.717) is 11.7 Å². The highest BCUT2D eigenvalue weighted by atomic mass is 32.1. The standard InChI is InChI=1S/C13H17N3OS/c14-13(6-3-1-2-4-7-13)12-15-11(17-16-12)10-5-8-18-9-10/h5,8-9H,1-4,6-7,14H2. The summed E-state index contributed by atoms with van der Waals surface area (Å²) < 4.78 is 5.33. The topological polar surface area (TPSA) is 64.9 Å². The number of rotatable bonds is 2. The van der Waals surface area contributed by atoms with Crippen LogP contribution >= 0.6 is 11.3 Å². The van der Waals surface area contributed by atoms with Crippen molar-refractivity contribution in [2.24, 2.45) is 5.73 Å². The zero-order valence-corrected chi connectivity index (χ0v) is 11.1. The van der Waals surface area contributed by atoms with Crippen molar-refractivity contribution in [2.45, 2.75) is 44.1 Å². The summed E-state index contributed by atoms with van der Waals surface area (Å²) in [6.07, 6.45) is 6.73. The number of thiophene rings is 1. The molecule has 2 aromatic rings. The first-order valence-electron chi connectivity index (χ1n) is 6.44. The van der Waals surface area contributed by atoms with Crippen molar-refractivity contribution in [2.75, 3.05) is 0 Å². The minimum atomic E-state index is -0.395. The van der Waals surface area contributed by atoms with Crippen LogP contribution in [0.5, 0.6) is 0 Å². The van der Waals surface area contributed by atoms with Crippen molar-refractivity contribution in [3.63, 3.8) is 0 Å². The van der Waals surface area contributed by atoms with E-state index in [1.807, 2.05) is 16.8 Å². The van der Waals surface area contributed by atoms with Crippen LogP contribution in [0.1, 0.15) is 44.3 Å². The zero-order chi connectivity index (χ0) is 12.4. The number of nitrogens with two attached hydrogens (primary N) is 1. The van der Waals surface area contributed by atoms with Gasteiger partial charge in [0.25, 0.3) is 5.89 Å². The predicted molar refractivity (Wildman–Crippen MR) is 71.2 cm³/mol. The van der Waals surface area contributed by atoms with Crippen LogP contribution in [0, 0.1) is 0 Å². The summed E-state index contributed by atoms with van der Waals surface area (Å²) in [4.78, 5) is 4.49. The second-order valence-electron chi connectivity index (χ2n) is 5.01. The molecule has 4 nitrogen and oxygen atoms in total. The second-order valence-corrected chi connectivity index (χ2v) is 5.79. The van der Waals surface area contributed by atoms with E-state index in [-0.39, 0.29) is 0 Å². The summed E-state index contributed by atoms with van der Waals surface area (Å²) in [5.41, 5.74) is 7.05. The normalized spacial score (nSPS) is 19.6. The Balaban J connectivity index is 1.88. The molecule has 18 heavy (non-hydrogen) atoms. The Bertz CT molecular complexity index is 498. The molecule has 0 amide bonds. The van der Waals surface area contributed by atoms with Crippen LogP contribution < -0.4 is 5.73 Å². The maximum atomic E-state index is 6.46. The fraction of sp³-hybridized carbons (Fsp3) is 0.538. The third-order valence-electron chi connectivity index (χ3n) is 3.64. The van der Waals surface area contributed by atoms with Crippen LogP contribution in [-0.2, 0) is 5.54 Å². The molecule has 1 fully saturated rings. The number of hydrogen-bond donors (Lipinski definition) is 1. The van der Waals surface area contributed by atoms with Crippen molar-refractivity contribution < 1.29 is 4.52 Å². The predicted octanol–water partition coefficient (Wildman–Crippen LogP) is 3.31. The van der Waals surface area contributed by atoms with Gasteiger partial charge in [0.15, 0.2) is 5.82 Å². The van der Waals surface area contributed by atoms with Gasteiger partial charge in [-0.1, -0.05) is 30.8 Å². The molecule has 0 bridgehead atoms. The van der Waals surface area contributed by atoms with Gasteiger partial charge in [-0.2, -0.15) is 16.3 Å². The Hall–Kier alpha value is -1.20. The molecule has 1 aliphatic carbocycles. The van der Waals surface area contributed by atoms with Crippen molar-refractivity contribution in [1.82, 2.24) is 10.1 Å². The van der Waals surface area contributed by atoms with Crippen molar-refractivity contribution in [3.05, 3.63) is 22.7 Å². The van der Waals surface area contributed by atoms with Gasteiger partial charge >= 0.3 is 0 Å². The third kappa shape index (κ3) is 2.20. The average Bonchev–Trinajstić information content (AvgIpc) is 3.00. The lowest BCUT2D eigenvalue weighted by molar-refractivity contribution is 0.334. The largest absolute Gasteiger partial charge is 0.334 e.